The molecule has 1 aromatic rings. The monoisotopic (exact) mass is 365 g/mol. The summed E-state index contributed by atoms with van der Waals surface area (Å²) < 4.78 is 1.84. The van der Waals surface area contributed by atoms with Crippen molar-refractivity contribution in [3.05, 3.63) is 5.82 Å². The van der Waals surface area contributed by atoms with Crippen LogP contribution in [0.4, 0.5) is 0 Å². The van der Waals surface area contributed by atoms with Gasteiger partial charge in [-0.1, -0.05) is 31.0 Å². The minimum atomic E-state index is -0.349. The molecule has 0 unspecified atom stereocenters. The second kappa shape index (κ2) is 8.21. The molecular formula is C17H27N5O2S. The van der Waals surface area contributed by atoms with Gasteiger partial charge in [-0.05, 0) is 24.7 Å². The maximum atomic E-state index is 12.6. The van der Waals surface area contributed by atoms with Gasteiger partial charge < -0.3 is 15.2 Å². The van der Waals surface area contributed by atoms with Crippen LogP contribution in [-0.4, -0.2) is 50.3 Å². The van der Waals surface area contributed by atoms with Gasteiger partial charge in [0.05, 0.1) is 5.75 Å². The molecule has 2 atom stereocenters. The molecule has 0 spiro atoms. The molecule has 7 nitrogen and oxygen atoms in total. The minimum absolute atomic E-state index is 0.190. The fraction of sp³-hybridized carbons (Fsp3) is 0.765. The van der Waals surface area contributed by atoms with Crippen LogP contribution in [0.2, 0.25) is 0 Å². The highest BCUT2D eigenvalue weighted by atomic mass is 32.2. The van der Waals surface area contributed by atoms with Crippen LogP contribution in [0.5, 0.6) is 0 Å². The van der Waals surface area contributed by atoms with Crippen LogP contribution in [0.1, 0.15) is 44.3 Å². The number of aryl methyl sites for hydroxylation is 1. The molecule has 1 aliphatic carbocycles. The Balaban J connectivity index is 1.50. The molecular weight excluding hydrogens is 338 g/mol. The van der Waals surface area contributed by atoms with Crippen molar-refractivity contribution in [3.63, 3.8) is 0 Å². The number of carbonyl (C=O) groups is 2. The third kappa shape index (κ3) is 4.54. The number of nitrogens with two attached hydrogens (primary N) is 1. The number of likely N-dealkylation sites (tertiary alicyclic amines) is 1. The van der Waals surface area contributed by atoms with Crippen molar-refractivity contribution in [2.24, 2.45) is 24.6 Å². The molecule has 138 valence electrons. The summed E-state index contributed by atoms with van der Waals surface area (Å²) in [7, 11) is 1.86. The van der Waals surface area contributed by atoms with Gasteiger partial charge in [0, 0.05) is 33.0 Å². The number of amides is 2. The van der Waals surface area contributed by atoms with Crippen molar-refractivity contribution in [1.82, 2.24) is 19.7 Å². The van der Waals surface area contributed by atoms with Gasteiger partial charge in [0.25, 0.3) is 0 Å². The van der Waals surface area contributed by atoms with Crippen LogP contribution < -0.4 is 5.73 Å². The summed E-state index contributed by atoms with van der Waals surface area (Å²) >= 11 is 1.42. The molecule has 2 amide bonds. The highest BCUT2D eigenvalue weighted by Gasteiger charge is 2.32. The molecule has 1 saturated carbocycles. The summed E-state index contributed by atoms with van der Waals surface area (Å²) in [4.78, 5) is 25.5. The van der Waals surface area contributed by atoms with Gasteiger partial charge in [-0.2, -0.15) is 0 Å². The zero-order valence-electron chi connectivity index (χ0n) is 14.8. The smallest absolute Gasteiger partial charge is 0.233 e. The molecule has 8 heteroatoms. The number of fused-ring (bicyclic) bond motifs is 1. The summed E-state index contributed by atoms with van der Waals surface area (Å²) in [5, 5.41) is 8.93. The largest absolute Gasteiger partial charge is 0.370 e. The second-order valence-corrected chi connectivity index (χ2v) is 8.09. The van der Waals surface area contributed by atoms with E-state index in [4.69, 9.17) is 5.73 Å². The highest BCUT2D eigenvalue weighted by Crippen LogP contribution is 2.36. The fourth-order valence-corrected chi connectivity index (χ4v) is 4.80. The molecule has 2 aliphatic rings. The van der Waals surface area contributed by atoms with Crippen molar-refractivity contribution < 1.29 is 9.59 Å². The number of aromatic nitrogens is 3. The molecule has 2 heterocycles. The van der Waals surface area contributed by atoms with Crippen molar-refractivity contribution in [3.8, 4) is 0 Å². The third-order valence-electron chi connectivity index (χ3n) is 5.49. The van der Waals surface area contributed by atoms with Gasteiger partial charge in [0.15, 0.2) is 5.16 Å². The van der Waals surface area contributed by atoms with Crippen molar-refractivity contribution in [2.75, 3.05) is 18.8 Å². The first-order chi connectivity index (χ1) is 12.0. The lowest BCUT2D eigenvalue weighted by atomic mass is 9.75. The SMILES string of the molecule is Cn1c(CCC(N)=O)nnc1SCC(=O)N1CC[C@H]2CCCC[C@@H]2C1. The molecule has 1 aromatic heterocycles. The first kappa shape index (κ1) is 18.2. The predicted molar refractivity (Wildman–Crippen MR) is 95.9 cm³/mol. The number of piperidine rings is 1. The van der Waals surface area contributed by atoms with Crippen LogP contribution in [0, 0.1) is 11.8 Å². The number of hydrogen-bond acceptors (Lipinski definition) is 5. The van der Waals surface area contributed by atoms with E-state index in [-0.39, 0.29) is 18.2 Å². The van der Waals surface area contributed by atoms with E-state index in [1.165, 1.54) is 37.4 Å². The van der Waals surface area contributed by atoms with Crippen molar-refractivity contribution in [1.29, 1.82) is 0 Å². The summed E-state index contributed by atoms with van der Waals surface area (Å²) in [6, 6.07) is 0. The number of rotatable bonds is 6. The van der Waals surface area contributed by atoms with Gasteiger partial charge in [-0.15, -0.1) is 10.2 Å². The summed E-state index contributed by atoms with van der Waals surface area (Å²) in [6.07, 6.45) is 7.17. The van der Waals surface area contributed by atoms with E-state index in [1.807, 2.05) is 16.5 Å². The van der Waals surface area contributed by atoms with E-state index in [2.05, 4.69) is 10.2 Å². The first-order valence-electron chi connectivity index (χ1n) is 9.11. The van der Waals surface area contributed by atoms with Crippen LogP contribution in [-0.2, 0) is 23.1 Å². The Bertz CT molecular complexity index is 633. The lowest BCUT2D eigenvalue weighted by Crippen LogP contribution is -2.45. The van der Waals surface area contributed by atoms with E-state index >= 15 is 0 Å². The quantitative estimate of drug-likeness (QED) is 0.768. The van der Waals surface area contributed by atoms with Crippen molar-refractivity contribution >= 4 is 23.6 Å². The average molecular weight is 366 g/mol. The van der Waals surface area contributed by atoms with Gasteiger partial charge in [0.1, 0.15) is 5.82 Å². The van der Waals surface area contributed by atoms with E-state index in [1.54, 1.807) is 0 Å². The lowest BCUT2D eigenvalue weighted by Gasteiger charge is -2.41. The van der Waals surface area contributed by atoms with E-state index in [0.29, 0.717) is 23.2 Å². The highest BCUT2D eigenvalue weighted by molar-refractivity contribution is 7.99. The normalized spacial score (nSPS) is 23.3. The molecule has 0 bridgehead atoms. The topological polar surface area (TPSA) is 94.1 Å². The lowest BCUT2D eigenvalue weighted by molar-refractivity contribution is -0.131. The molecule has 3 rings (SSSR count). The maximum absolute atomic E-state index is 12.6. The zero-order chi connectivity index (χ0) is 17.8. The summed E-state index contributed by atoms with van der Waals surface area (Å²) in [5.41, 5.74) is 5.17. The standard InChI is InChI=1S/C17H27N5O2S/c1-21-15(7-6-14(18)23)19-20-17(21)25-11-16(24)22-9-8-12-4-2-3-5-13(12)10-22/h12-13H,2-11H2,1H3,(H2,18,23)/t12-,13-/m1/s1. The number of primary amides is 1. The number of carbonyl (C=O) groups excluding carboxylic acids is 2. The van der Waals surface area contributed by atoms with Gasteiger partial charge in [-0.3, -0.25) is 9.59 Å². The van der Waals surface area contributed by atoms with Gasteiger partial charge in [-0.25, -0.2) is 0 Å². The van der Waals surface area contributed by atoms with Crippen LogP contribution in [0.15, 0.2) is 5.16 Å². The maximum Gasteiger partial charge on any atom is 0.233 e. The Kier molecular flexibility index (Phi) is 5.98. The average Bonchev–Trinajstić information content (AvgIpc) is 2.97. The Morgan fingerprint density at radius 3 is 2.72 bits per heavy atom. The molecule has 1 aliphatic heterocycles. The predicted octanol–water partition coefficient (Wildman–Crippen LogP) is 1.36. The zero-order valence-corrected chi connectivity index (χ0v) is 15.6. The Labute approximate surface area is 152 Å². The Morgan fingerprint density at radius 1 is 1.20 bits per heavy atom. The molecule has 2 fully saturated rings. The van der Waals surface area contributed by atoms with Crippen LogP contribution >= 0.6 is 11.8 Å². The fourth-order valence-electron chi connectivity index (χ4n) is 3.97. The van der Waals surface area contributed by atoms with Crippen molar-refractivity contribution in [2.45, 2.75) is 50.1 Å². The van der Waals surface area contributed by atoms with Crippen LogP contribution in [0.25, 0.3) is 0 Å². The third-order valence-corrected chi connectivity index (χ3v) is 6.49. The van der Waals surface area contributed by atoms with Gasteiger partial charge in [0.2, 0.25) is 11.8 Å². The molecule has 1 saturated heterocycles. The Morgan fingerprint density at radius 2 is 1.96 bits per heavy atom. The molecule has 0 aromatic carbocycles. The van der Waals surface area contributed by atoms with Gasteiger partial charge >= 0.3 is 0 Å². The van der Waals surface area contributed by atoms with E-state index in [9.17, 15) is 9.59 Å². The van der Waals surface area contributed by atoms with E-state index in [0.717, 1.165) is 31.3 Å². The summed E-state index contributed by atoms with van der Waals surface area (Å²) in [6.45, 7) is 1.82. The molecule has 0 radical (unpaired) electrons. The first-order valence-corrected chi connectivity index (χ1v) is 10.1. The minimum Gasteiger partial charge on any atom is -0.370 e. The molecule has 2 N–H and O–H groups in total. The number of thioether (sulfide) groups is 1. The number of nitrogens with zero attached hydrogens (tertiary/aromatic N) is 4. The number of hydrogen-bond donors (Lipinski definition) is 1. The molecule has 25 heavy (non-hydrogen) atoms. The van der Waals surface area contributed by atoms with Crippen LogP contribution in [0.3, 0.4) is 0 Å². The Hall–Kier alpha value is -1.57. The second-order valence-electron chi connectivity index (χ2n) is 7.15. The summed E-state index contributed by atoms with van der Waals surface area (Å²) in [5.74, 6) is 2.48. The van der Waals surface area contributed by atoms with E-state index < -0.39 is 0 Å².